The summed E-state index contributed by atoms with van der Waals surface area (Å²) < 4.78 is 0. The SMILES string of the molecule is CC(C)(Nc1cccnc1[N+](=O)[O-])C(N)=O. The smallest absolute Gasteiger partial charge is 0.368 e. The van der Waals surface area contributed by atoms with Crippen molar-refractivity contribution >= 4 is 17.4 Å². The van der Waals surface area contributed by atoms with E-state index >= 15 is 0 Å². The maximum absolute atomic E-state index is 11.1. The fourth-order valence-corrected chi connectivity index (χ4v) is 1.04. The molecule has 0 aliphatic heterocycles. The minimum atomic E-state index is -1.08. The minimum absolute atomic E-state index is 0.163. The molecule has 0 aliphatic carbocycles. The standard InChI is InChI=1S/C9H12N4O3/c1-9(2,8(10)14)12-6-4-3-5-11-7(6)13(15)16/h3-5,12H,1-2H3,(H2,10,14). The number of amides is 1. The van der Waals surface area contributed by atoms with Gasteiger partial charge >= 0.3 is 5.82 Å². The number of hydrogen-bond acceptors (Lipinski definition) is 5. The monoisotopic (exact) mass is 224 g/mol. The van der Waals surface area contributed by atoms with Gasteiger partial charge in [-0.3, -0.25) is 4.79 Å². The zero-order chi connectivity index (χ0) is 12.3. The molecule has 16 heavy (non-hydrogen) atoms. The number of aromatic nitrogens is 1. The maximum Gasteiger partial charge on any atom is 0.386 e. The zero-order valence-electron chi connectivity index (χ0n) is 8.93. The van der Waals surface area contributed by atoms with Gasteiger partial charge in [0, 0.05) is 0 Å². The van der Waals surface area contributed by atoms with Crippen molar-refractivity contribution in [1.82, 2.24) is 4.98 Å². The number of anilines is 1. The molecule has 1 rings (SSSR count). The molecule has 0 aliphatic rings. The lowest BCUT2D eigenvalue weighted by Crippen LogP contribution is -2.45. The number of nitro groups is 1. The van der Waals surface area contributed by atoms with E-state index in [-0.39, 0.29) is 11.5 Å². The Morgan fingerprint density at radius 1 is 1.62 bits per heavy atom. The Labute approximate surface area is 91.8 Å². The lowest BCUT2D eigenvalue weighted by Gasteiger charge is -2.22. The normalized spacial score (nSPS) is 10.9. The molecule has 0 saturated carbocycles. The van der Waals surface area contributed by atoms with Gasteiger partial charge < -0.3 is 21.2 Å². The molecular weight excluding hydrogens is 212 g/mol. The second-order valence-electron chi connectivity index (χ2n) is 3.75. The van der Waals surface area contributed by atoms with Gasteiger partial charge in [0.1, 0.15) is 17.4 Å². The second kappa shape index (κ2) is 4.13. The highest BCUT2D eigenvalue weighted by Gasteiger charge is 2.27. The first-order valence-corrected chi connectivity index (χ1v) is 4.52. The van der Waals surface area contributed by atoms with Crippen LogP contribution < -0.4 is 11.1 Å². The summed E-state index contributed by atoms with van der Waals surface area (Å²) in [5, 5.41) is 13.4. The third-order valence-electron chi connectivity index (χ3n) is 2.02. The predicted octanol–water partition coefficient (Wildman–Crippen LogP) is 0.666. The molecule has 0 atom stereocenters. The van der Waals surface area contributed by atoms with E-state index in [0.717, 1.165) is 0 Å². The van der Waals surface area contributed by atoms with E-state index in [1.165, 1.54) is 32.2 Å². The maximum atomic E-state index is 11.1. The molecule has 1 aromatic heterocycles. The van der Waals surface area contributed by atoms with Crippen molar-refractivity contribution in [3.8, 4) is 0 Å². The van der Waals surface area contributed by atoms with Crippen LogP contribution in [0.5, 0.6) is 0 Å². The quantitative estimate of drug-likeness (QED) is 0.576. The minimum Gasteiger partial charge on any atom is -0.368 e. The number of primary amides is 1. The highest BCUT2D eigenvalue weighted by atomic mass is 16.6. The van der Waals surface area contributed by atoms with Gasteiger partial charge in [0.2, 0.25) is 5.91 Å². The van der Waals surface area contributed by atoms with E-state index in [1.54, 1.807) is 0 Å². The van der Waals surface area contributed by atoms with E-state index < -0.39 is 16.4 Å². The molecule has 0 bridgehead atoms. The van der Waals surface area contributed by atoms with Gasteiger partial charge in [-0.2, -0.15) is 0 Å². The summed E-state index contributed by atoms with van der Waals surface area (Å²) in [7, 11) is 0. The van der Waals surface area contributed by atoms with Crippen LogP contribution in [0.25, 0.3) is 0 Å². The number of carbonyl (C=O) groups excluding carboxylic acids is 1. The zero-order valence-corrected chi connectivity index (χ0v) is 8.93. The van der Waals surface area contributed by atoms with E-state index in [2.05, 4.69) is 10.3 Å². The molecular formula is C9H12N4O3. The van der Waals surface area contributed by atoms with E-state index in [4.69, 9.17) is 5.73 Å². The Hall–Kier alpha value is -2.18. The average molecular weight is 224 g/mol. The molecule has 7 nitrogen and oxygen atoms in total. The number of pyridine rings is 1. The molecule has 0 radical (unpaired) electrons. The molecule has 1 aromatic rings. The molecule has 1 heterocycles. The van der Waals surface area contributed by atoms with Gasteiger partial charge in [-0.05, 0) is 35.9 Å². The lowest BCUT2D eigenvalue weighted by molar-refractivity contribution is -0.388. The van der Waals surface area contributed by atoms with Gasteiger partial charge in [-0.25, -0.2) is 0 Å². The Morgan fingerprint density at radius 3 is 2.75 bits per heavy atom. The largest absolute Gasteiger partial charge is 0.386 e. The van der Waals surface area contributed by atoms with Crippen molar-refractivity contribution in [1.29, 1.82) is 0 Å². The first-order valence-electron chi connectivity index (χ1n) is 4.52. The summed E-state index contributed by atoms with van der Waals surface area (Å²) in [5.74, 6) is -0.942. The molecule has 0 spiro atoms. The van der Waals surface area contributed by atoms with Gasteiger partial charge in [-0.15, -0.1) is 0 Å². The number of hydrogen-bond donors (Lipinski definition) is 2. The van der Waals surface area contributed by atoms with Crippen LogP contribution in [-0.2, 0) is 4.79 Å². The van der Waals surface area contributed by atoms with Crippen molar-refractivity contribution in [2.24, 2.45) is 5.73 Å². The number of nitrogens with one attached hydrogen (secondary N) is 1. The van der Waals surface area contributed by atoms with Crippen LogP contribution in [0.1, 0.15) is 13.8 Å². The highest BCUT2D eigenvalue weighted by Crippen LogP contribution is 2.23. The van der Waals surface area contributed by atoms with Crippen molar-refractivity contribution in [2.75, 3.05) is 5.32 Å². The molecule has 86 valence electrons. The molecule has 0 unspecified atom stereocenters. The Kier molecular flexibility index (Phi) is 3.07. The first kappa shape index (κ1) is 11.9. The molecule has 3 N–H and O–H groups in total. The summed E-state index contributed by atoms with van der Waals surface area (Å²) >= 11 is 0. The molecule has 0 fully saturated rings. The van der Waals surface area contributed by atoms with Crippen LogP contribution in [0.3, 0.4) is 0 Å². The van der Waals surface area contributed by atoms with Crippen molar-refractivity contribution in [2.45, 2.75) is 19.4 Å². The fourth-order valence-electron chi connectivity index (χ4n) is 1.04. The number of rotatable bonds is 4. The van der Waals surface area contributed by atoms with Crippen LogP contribution in [0.2, 0.25) is 0 Å². The topological polar surface area (TPSA) is 111 Å². The van der Waals surface area contributed by atoms with Gasteiger partial charge in [0.15, 0.2) is 0 Å². The highest BCUT2D eigenvalue weighted by molar-refractivity contribution is 5.87. The van der Waals surface area contributed by atoms with Crippen LogP contribution in [0.15, 0.2) is 18.3 Å². The van der Waals surface area contributed by atoms with Crippen molar-refractivity contribution < 1.29 is 9.72 Å². The Balaban J connectivity index is 3.06. The van der Waals surface area contributed by atoms with E-state index in [0.29, 0.717) is 0 Å². The van der Waals surface area contributed by atoms with Gasteiger partial charge in [-0.1, -0.05) is 0 Å². The van der Waals surface area contributed by atoms with E-state index in [9.17, 15) is 14.9 Å². The summed E-state index contributed by atoms with van der Waals surface area (Å²) in [6, 6.07) is 3.00. The molecule has 0 saturated heterocycles. The first-order chi connectivity index (χ1) is 7.34. The summed E-state index contributed by atoms with van der Waals surface area (Å²) in [5.41, 5.74) is 4.24. The van der Waals surface area contributed by atoms with Crippen molar-refractivity contribution in [3.63, 3.8) is 0 Å². The summed E-state index contributed by atoms with van der Waals surface area (Å²) in [6.07, 6.45) is 1.31. The predicted molar refractivity (Wildman–Crippen MR) is 57.8 cm³/mol. The van der Waals surface area contributed by atoms with Crippen LogP contribution >= 0.6 is 0 Å². The van der Waals surface area contributed by atoms with Crippen LogP contribution in [-0.4, -0.2) is 21.4 Å². The Bertz CT molecular complexity index is 431. The second-order valence-corrected chi connectivity index (χ2v) is 3.75. The Morgan fingerprint density at radius 2 is 2.25 bits per heavy atom. The third-order valence-corrected chi connectivity index (χ3v) is 2.02. The molecule has 1 amide bonds. The van der Waals surface area contributed by atoms with Crippen LogP contribution in [0, 0.1) is 10.1 Å². The summed E-state index contributed by atoms with van der Waals surface area (Å²) in [6.45, 7) is 3.07. The average Bonchev–Trinajstić information content (AvgIpc) is 2.17. The van der Waals surface area contributed by atoms with E-state index in [1.807, 2.05) is 0 Å². The molecule has 0 aromatic carbocycles. The molecule has 7 heteroatoms. The summed E-state index contributed by atoms with van der Waals surface area (Å²) in [4.78, 5) is 24.7. The lowest BCUT2D eigenvalue weighted by atomic mass is 10.0. The number of nitrogens with zero attached hydrogens (tertiary/aromatic N) is 2. The van der Waals surface area contributed by atoms with Gasteiger partial charge in [0.05, 0.1) is 0 Å². The third kappa shape index (κ3) is 2.44. The van der Waals surface area contributed by atoms with Crippen LogP contribution in [0.4, 0.5) is 11.5 Å². The fraction of sp³-hybridized carbons (Fsp3) is 0.333. The number of nitrogens with two attached hydrogens (primary N) is 1. The van der Waals surface area contributed by atoms with Crippen molar-refractivity contribution in [3.05, 3.63) is 28.4 Å². The van der Waals surface area contributed by atoms with Gasteiger partial charge in [0.25, 0.3) is 0 Å². The number of carbonyl (C=O) groups is 1.